The van der Waals surface area contributed by atoms with Crippen LogP contribution in [0.4, 0.5) is 0 Å². The molecule has 0 N–H and O–H groups in total. The zero-order valence-corrected chi connectivity index (χ0v) is 17.0. The number of hydrogen-bond donors (Lipinski definition) is 0. The fourth-order valence-electron chi connectivity index (χ4n) is 3.10. The van der Waals surface area contributed by atoms with E-state index in [0.29, 0.717) is 11.3 Å². The van der Waals surface area contributed by atoms with E-state index in [1.807, 2.05) is 30.3 Å². The molecule has 0 aromatic heterocycles. The number of esters is 1. The Morgan fingerprint density at radius 3 is 2.00 bits per heavy atom. The van der Waals surface area contributed by atoms with Crippen molar-refractivity contribution < 1.29 is 9.53 Å². The molecule has 0 spiro atoms. The second-order valence-corrected chi connectivity index (χ2v) is 8.80. The molecule has 0 bridgehead atoms. The molecule has 0 amide bonds. The van der Waals surface area contributed by atoms with Crippen molar-refractivity contribution in [1.29, 1.82) is 0 Å². The Morgan fingerprint density at radius 2 is 1.31 bits per heavy atom. The zero-order valence-electron chi connectivity index (χ0n) is 16.2. The lowest BCUT2D eigenvalue weighted by Gasteiger charge is -2.10. The molecule has 2 nitrogen and oxygen atoms in total. The Labute approximate surface area is 173 Å². The van der Waals surface area contributed by atoms with E-state index >= 15 is 0 Å². The van der Waals surface area contributed by atoms with Crippen LogP contribution in [0, 0.1) is 0 Å². The van der Waals surface area contributed by atoms with E-state index < -0.39 is 5.97 Å². The Kier molecular flexibility index (Phi) is 5.50. The van der Waals surface area contributed by atoms with Crippen LogP contribution in [0.5, 0.6) is 5.75 Å². The van der Waals surface area contributed by atoms with Gasteiger partial charge in [0.25, 0.3) is 0 Å². The minimum atomic E-state index is -0.408. The lowest BCUT2D eigenvalue weighted by atomic mass is 10.1. The van der Waals surface area contributed by atoms with Gasteiger partial charge < -0.3 is 4.74 Å². The smallest absolute Gasteiger partial charge is 0.338 e. The van der Waals surface area contributed by atoms with E-state index in [4.69, 9.17) is 4.74 Å². The summed E-state index contributed by atoms with van der Waals surface area (Å²) in [7, 11) is -0.258. The molecule has 4 aromatic rings. The summed E-state index contributed by atoms with van der Waals surface area (Å²) in [6.07, 6.45) is 0. The van der Waals surface area contributed by atoms with Gasteiger partial charge in [-0.05, 0) is 66.2 Å². The highest BCUT2D eigenvalue weighted by atomic mass is 32.2. The third-order valence-electron chi connectivity index (χ3n) is 4.55. The number of carbonyl (C=O) groups is 1. The molecule has 0 radical (unpaired) electrons. The SMILES string of the molecule is C=C(C)C(=O)Oc1ccc([S+](c2ccccc2)c2ccc3ccccc3c2)cc1. The van der Waals surface area contributed by atoms with Crippen molar-refractivity contribution in [1.82, 2.24) is 0 Å². The molecule has 0 saturated carbocycles. The van der Waals surface area contributed by atoms with Gasteiger partial charge in [-0.1, -0.05) is 49.0 Å². The second kappa shape index (κ2) is 8.38. The highest BCUT2D eigenvalue weighted by Crippen LogP contribution is 2.33. The number of ether oxygens (including phenoxy) is 1. The molecule has 4 rings (SSSR count). The first kappa shape index (κ1) is 19.0. The molecule has 3 heteroatoms. The van der Waals surface area contributed by atoms with Gasteiger partial charge in [0, 0.05) is 11.6 Å². The maximum atomic E-state index is 11.8. The summed E-state index contributed by atoms with van der Waals surface area (Å²) in [5.41, 5.74) is 0.384. The van der Waals surface area contributed by atoms with Gasteiger partial charge in [-0.25, -0.2) is 4.79 Å². The van der Waals surface area contributed by atoms with E-state index in [-0.39, 0.29) is 10.9 Å². The van der Waals surface area contributed by atoms with Crippen molar-refractivity contribution in [2.24, 2.45) is 0 Å². The summed E-state index contributed by atoms with van der Waals surface area (Å²) in [4.78, 5) is 15.4. The van der Waals surface area contributed by atoms with E-state index in [9.17, 15) is 4.79 Å². The topological polar surface area (TPSA) is 26.3 Å². The molecule has 1 unspecified atom stereocenters. The van der Waals surface area contributed by atoms with Gasteiger partial charge in [0.15, 0.2) is 14.7 Å². The third-order valence-corrected chi connectivity index (χ3v) is 6.77. The molecule has 0 heterocycles. The standard InChI is InChI=1S/C26H21O2S/c1-19(2)26(27)28-22-13-16-24(17-14-22)29(23-10-4-3-5-11-23)25-15-12-20-8-6-7-9-21(20)18-25/h3-18H,1H2,2H3/q+1. The van der Waals surface area contributed by atoms with Crippen LogP contribution in [0.3, 0.4) is 0 Å². The van der Waals surface area contributed by atoms with Crippen molar-refractivity contribution in [2.75, 3.05) is 0 Å². The molecule has 4 aromatic carbocycles. The van der Waals surface area contributed by atoms with Crippen LogP contribution >= 0.6 is 0 Å². The third kappa shape index (κ3) is 4.25. The minimum Gasteiger partial charge on any atom is -0.423 e. The van der Waals surface area contributed by atoms with Crippen molar-refractivity contribution in [3.63, 3.8) is 0 Å². The van der Waals surface area contributed by atoms with E-state index in [1.54, 1.807) is 6.92 Å². The fourth-order valence-corrected chi connectivity index (χ4v) is 5.20. The molecule has 0 aliphatic carbocycles. The second-order valence-electron chi connectivity index (χ2n) is 6.77. The van der Waals surface area contributed by atoms with Crippen LogP contribution in [0.25, 0.3) is 10.8 Å². The minimum absolute atomic E-state index is 0.258. The largest absolute Gasteiger partial charge is 0.423 e. The molecule has 0 saturated heterocycles. The van der Waals surface area contributed by atoms with Gasteiger partial charge in [0.05, 0.1) is 10.9 Å². The van der Waals surface area contributed by atoms with Crippen LogP contribution < -0.4 is 4.74 Å². The monoisotopic (exact) mass is 397 g/mol. The highest BCUT2D eigenvalue weighted by molar-refractivity contribution is 7.97. The zero-order chi connectivity index (χ0) is 20.2. The average Bonchev–Trinajstić information content (AvgIpc) is 2.76. The van der Waals surface area contributed by atoms with Crippen molar-refractivity contribution in [2.45, 2.75) is 21.6 Å². The molecular weight excluding hydrogens is 376 g/mol. The van der Waals surface area contributed by atoms with Crippen molar-refractivity contribution >= 4 is 27.6 Å². The quantitative estimate of drug-likeness (QED) is 0.168. The van der Waals surface area contributed by atoms with Crippen LogP contribution in [0.2, 0.25) is 0 Å². The lowest BCUT2D eigenvalue weighted by molar-refractivity contribution is -0.130. The first-order chi connectivity index (χ1) is 14.1. The number of fused-ring (bicyclic) bond motifs is 1. The predicted molar refractivity (Wildman–Crippen MR) is 119 cm³/mol. The number of benzene rings is 4. The van der Waals surface area contributed by atoms with Gasteiger partial charge in [-0.3, -0.25) is 0 Å². The molecule has 142 valence electrons. The van der Waals surface area contributed by atoms with Crippen LogP contribution in [-0.2, 0) is 15.7 Å². The molecular formula is C26H21O2S+. The summed E-state index contributed by atoms with van der Waals surface area (Å²) in [5.74, 6) is 0.117. The molecule has 1 atom stereocenters. The van der Waals surface area contributed by atoms with Crippen molar-refractivity contribution in [3.05, 3.63) is 109 Å². The molecule has 0 aliphatic rings. The van der Waals surface area contributed by atoms with Crippen molar-refractivity contribution in [3.8, 4) is 5.75 Å². The fraction of sp³-hybridized carbons (Fsp3) is 0.0385. The highest BCUT2D eigenvalue weighted by Gasteiger charge is 2.28. The number of rotatable bonds is 5. The van der Waals surface area contributed by atoms with Crippen LogP contribution in [0.1, 0.15) is 6.92 Å². The number of carbonyl (C=O) groups excluding carboxylic acids is 1. The maximum Gasteiger partial charge on any atom is 0.338 e. The molecule has 0 aliphatic heterocycles. The van der Waals surface area contributed by atoms with Crippen LogP contribution in [0.15, 0.2) is 124 Å². The maximum absolute atomic E-state index is 11.8. The predicted octanol–water partition coefficient (Wildman–Crippen LogP) is 6.42. The number of hydrogen-bond acceptors (Lipinski definition) is 2. The lowest BCUT2D eigenvalue weighted by Crippen LogP contribution is -2.09. The first-order valence-electron chi connectivity index (χ1n) is 9.38. The Morgan fingerprint density at radius 1 is 0.724 bits per heavy atom. The van der Waals surface area contributed by atoms with Gasteiger partial charge in [0.1, 0.15) is 5.75 Å². The van der Waals surface area contributed by atoms with E-state index in [0.717, 1.165) is 0 Å². The first-order valence-corrected chi connectivity index (χ1v) is 10.6. The Hall–Kier alpha value is -3.30. The summed E-state index contributed by atoms with van der Waals surface area (Å²) in [6, 6.07) is 33.3. The summed E-state index contributed by atoms with van der Waals surface area (Å²) in [6.45, 7) is 5.27. The Bertz CT molecular complexity index is 1160. The van der Waals surface area contributed by atoms with Gasteiger partial charge in [-0.2, -0.15) is 0 Å². The van der Waals surface area contributed by atoms with Gasteiger partial charge >= 0.3 is 5.97 Å². The van der Waals surface area contributed by atoms with E-state index in [2.05, 4.69) is 73.3 Å². The molecule has 29 heavy (non-hydrogen) atoms. The normalized spacial score (nSPS) is 11.8. The Balaban J connectivity index is 1.75. The van der Waals surface area contributed by atoms with E-state index in [1.165, 1.54) is 25.5 Å². The summed E-state index contributed by atoms with van der Waals surface area (Å²) < 4.78 is 5.34. The van der Waals surface area contributed by atoms with Gasteiger partial charge in [0.2, 0.25) is 0 Å². The molecule has 0 fully saturated rings. The van der Waals surface area contributed by atoms with Crippen LogP contribution in [-0.4, -0.2) is 5.97 Å². The summed E-state index contributed by atoms with van der Waals surface area (Å²) in [5, 5.41) is 2.46. The summed E-state index contributed by atoms with van der Waals surface area (Å²) >= 11 is 0. The van der Waals surface area contributed by atoms with Gasteiger partial charge in [-0.15, -0.1) is 0 Å². The average molecular weight is 398 g/mol.